The number of nitrogens with zero attached hydrogens (tertiary/aromatic N) is 2. The van der Waals surface area contributed by atoms with Crippen LogP contribution >= 0.6 is 0 Å². The van der Waals surface area contributed by atoms with Gasteiger partial charge in [0.15, 0.2) is 5.82 Å². The molecule has 9 nitrogen and oxygen atoms in total. The number of carbonyl (C=O) groups is 1. The Labute approximate surface area is 157 Å². The zero-order valence-electron chi connectivity index (χ0n) is 15.3. The van der Waals surface area contributed by atoms with Crippen LogP contribution < -0.4 is 14.8 Å². The van der Waals surface area contributed by atoms with E-state index in [1.165, 1.54) is 30.7 Å². The second kappa shape index (κ2) is 7.57. The Hall–Kier alpha value is -2.59. The fourth-order valence-corrected chi connectivity index (χ4v) is 4.83. The molecular formula is C17H21N3O6S. The van der Waals surface area contributed by atoms with Crippen molar-refractivity contribution < 1.29 is 27.2 Å². The lowest BCUT2D eigenvalue weighted by atomic mass is 10.2. The molecule has 1 atom stereocenters. The van der Waals surface area contributed by atoms with Gasteiger partial charge in [0.05, 0.1) is 14.2 Å². The molecule has 10 heteroatoms. The van der Waals surface area contributed by atoms with Crippen molar-refractivity contribution in [2.45, 2.75) is 30.7 Å². The third kappa shape index (κ3) is 3.76. The zero-order valence-corrected chi connectivity index (χ0v) is 16.1. The number of methoxy groups -OCH3 is 2. The lowest BCUT2D eigenvalue weighted by Gasteiger charge is -2.24. The summed E-state index contributed by atoms with van der Waals surface area (Å²) in [5.74, 6) is 0.986. The summed E-state index contributed by atoms with van der Waals surface area (Å²) in [5, 5.41) is 6.31. The zero-order chi connectivity index (χ0) is 19.6. The number of benzene rings is 1. The highest BCUT2D eigenvalue weighted by molar-refractivity contribution is 7.89. The number of carbonyl (C=O) groups excluding carboxylic acids is 1. The fourth-order valence-electron chi connectivity index (χ4n) is 3.04. The molecule has 1 unspecified atom stereocenters. The first-order valence-corrected chi connectivity index (χ1v) is 9.79. The fraction of sp³-hybridized carbons (Fsp3) is 0.412. The van der Waals surface area contributed by atoms with Crippen LogP contribution in [0.15, 0.2) is 33.7 Å². The molecule has 1 N–H and O–H groups in total. The van der Waals surface area contributed by atoms with Gasteiger partial charge in [-0.15, -0.1) is 0 Å². The summed E-state index contributed by atoms with van der Waals surface area (Å²) >= 11 is 0. The average Bonchev–Trinajstić information content (AvgIpc) is 3.30. The van der Waals surface area contributed by atoms with Crippen LogP contribution in [-0.2, 0) is 14.8 Å². The molecule has 1 aromatic carbocycles. The number of anilines is 1. The Kier molecular flexibility index (Phi) is 5.38. The Morgan fingerprint density at radius 2 is 2.07 bits per heavy atom. The molecule has 2 heterocycles. The van der Waals surface area contributed by atoms with Gasteiger partial charge in [0.1, 0.15) is 28.2 Å². The standard InChI is InChI=1S/C17H21N3O6S/c1-11-9-16(19-26-11)18-17(21)13-5-4-8-20(13)27(22,23)15-7-6-12(24-2)10-14(15)25-3/h6-7,9-10,13H,4-5,8H2,1-3H3,(H,18,19,21). The molecule has 3 rings (SSSR count). The summed E-state index contributed by atoms with van der Waals surface area (Å²) in [6.45, 7) is 1.94. The summed E-state index contributed by atoms with van der Waals surface area (Å²) in [6.07, 6.45) is 0.994. The molecule has 0 radical (unpaired) electrons. The lowest BCUT2D eigenvalue weighted by molar-refractivity contribution is -0.119. The van der Waals surface area contributed by atoms with Gasteiger partial charge in [-0.2, -0.15) is 4.31 Å². The van der Waals surface area contributed by atoms with Gasteiger partial charge < -0.3 is 19.3 Å². The number of rotatable bonds is 6. The van der Waals surface area contributed by atoms with E-state index in [-0.39, 0.29) is 23.0 Å². The van der Waals surface area contributed by atoms with Crippen LogP contribution in [0.3, 0.4) is 0 Å². The van der Waals surface area contributed by atoms with E-state index in [0.29, 0.717) is 24.4 Å². The van der Waals surface area contributed by atoms with Crippen molar-refractivity contribution >= 4 is 21.7 Å². The molecule has 1 aliphatic heterocycles. The van der Waals surface area contributed by atoms with Crippen molar-refractivity contribution in [3.8, 4) is 11.5 Å². The monoisotopic (exact) mass is 395 g/mol. The molecule has 1 amide bonds. The number of nitrogens with one attached hydrogen (secondary N) is 1. The number of ether oxygens (including phenoxy) is 2. The van der Waals surface area contributed by atoms with Gasteiger partial charge in [-0.05, 0) is 31.9 Å². The molecule has 1 fully saturated rings. The van der Waals surface area contributed by atoms with Gasteiger partial charge in [-0.3, -0.25) is 4.79 Å². The first-order valence-electron chi connectivity index (χ1n) is 8.35. The molecule has 1 saturated heterocycles. The van der Waals surface area contributed by atoms with Crippen LogP contribution in [0.2, 0.25) is 0 Å². The van der Waals surface area contributed by atoms with Crippen molar-refractivity contribution in [3.63, 3.8) is 0 Å². The van der Waals surface area contributed by atoms with E-state index >= 15 is 0 Å². The Morgan fingerprint density at radius 1 is 1.30 bits per heavy atom. The molecule has 146 valence electrons. The van der Waals surface area contributed by atoms with Crippen molar-refractivity contribution in [1.82, 2.24) is 9.46 Å². The molecule has 1 aliphatic rings. The number of hydrogen-bond donors (Lipinski definition) is 1. The number of amides is 1. The minimum Gasteiger partial charge on any atom is -0.497 e. The number of aryl methyl sites for hydroxylation is 1. The molecule has 27 heavy (non-hydrogen) atoms. The number of hydrogen-bond acceptors (Lipinski definition) is 7. The highest BCUT2D eigenvalue weighted by atomic mass is 32.2. The largest absolute Gasteiger partial charge is 0.497 e. The Bertz CT molecular complexity index is 940. The van der Waals surface area contributed by atoms with Gasteiger partial charge in [-0.1, -0.05) is 5.16 Å². The van der Waals surface area contributed by atoms with Gasteiger partial charge in [0, 0.05) is 18.7 Å². The lowest BCUT2D eigenvalue weighted by Crippen LogP contribution is -2.43. The predicted octanol–water partition coefficient (Wildman–Crippen LogP) is 1.79. The van der Waals surface area contributed by atoms with E-state index in [4.69, 9.17) is 14.0 Å². The number of aromatic nitrogens is 1. The second-order valence-corrected chi connectivity index (χ2v) is 7.96. The SMILES string of the molecule is COc1ccc(S(=O)(=O)N2CCCC2C(=O)Nc2cc(C)on2)c(OC)c1. The Balaban J connectivity index is 1.88. The summed E-state index contributed by atoms with van der Waals surface area (Å²) in [4.78, 5) is 12.6. The molecular weight excluding hydrogens is 374 g/mol. The maximum atomic E-state index is 13.2. The van der Waals surface area contributed by atoms with E-state index in [1.54, 1.807) is 19.1 Å². The van der Waals surface area contributed by atoms with E-state index in [0.717, 1.165) is 0 Å². The first-order chi connectivity index (χ1) is 12.9. The summed E-state index contributed by atoms with van der Waals surface area (Å²) in [5.41, 5.74) is 0. The number of sulfonamides is 1. The van der Waals surface area contributed by atoms with Crippen LogP contribution in [0.1, 0.15) is 18.6 Å². The van der Waals surface area contributed by atoms with Gasteiger partial charge in [0.2, 0.25) is 15.9 Å². The summed E-state index contributed by atoms with van der Waals surface area (Å²) in [7, 11) is -1.07. The predicted molar refractivity (Wildman–Crippen MR) is 96.3 cm³/mol. The Morgan fingerprint density at radius 3 is 2.70 bits per heavy atom. The van der Waals surface area contributed by atoms with E-state index < -0.39 is 22.0 Å². The quantitative estimate of drug-likeness (QED) is 0.794. The molecule has 0 bridgehead atoms. The highest BCUT2D eigenvalue weighted by Gasteiger charge is 2.40. The highest BCUT2D eigenvalue weighted by Crippen LogP contribution is 2.34. The minimum atomic E-state index is -3.94. The van der Waals surface area contributed by atoms with Crippen molar-refractivity contribution in [3.05, 3.63) is 30.0 Å². The topological polar surface area (TPSA) is 111 Å². The van der Waals surface area contributed by atoms with E-state index in [1.807, 2.05) is 0 Å². The molecule has 0 saturated carbocycles. The van der Waals surface area contributed by atoms with Crippen LogP contribution in [0, 0.1) is 6.92 Å². The van der Waals surface area contributed by atoms with Crippen LogP contribution in [0.25, 0.3) is 0 Å². The van der Waals surface area contributed by atoms with Crippen molar-refractivity contribution in [2.75, 3.05) is 26.1 Å². The molecule has 1 aromatic heterocycles. The third-order valence-corrected chi connectivity index (χ3v) is 6.29. The van der Waals surface area contributed by atoms with Gasteiger partial charge >= 0.3 is 0 Å². The molecule has 0 spiro atoms. The van der Waals surface area contributed by atoms with Gasteiger partial charge in [0.25, 0.3) is 0 Å². The summed E-state index contributed by atoms with van der Waals surface area (Å²) in [6, 6.07) is 5.19. The van der Waals surface area contributed by atoms with Crippen LogP contribution in [0.5, 0.6) is 11.5 Å². The summed E-state index contributed by atoms with van der Waals surface area (Å²) < 4.78 is 42.8. The molecule has 0 aliphatic carbocycles. The third-order valence-electron chi connectivity index (χ3n) is 4.34. The van der Waals surface area contributed by atoms with E-state index in [2.05, 4.69) is 10.5 Å². The van der Waals surface area contributed by atoms with Crippen molar-refractivity contribution in [2.24, 2.45) is 0 Å². The minimum absolute atomic E-state index is 0.0113. The maximum absolute atomic E-state index is 13.2. The van der Waals surface area contributed by atoms with Crippen LogP contribution in [-0.4, -0.2) is 50.6 Å². The van der Waals surface area contributed by atoms with Crippen molar-refractivity contribution in [1.29, 1.82) is 0 Å². The smallest absolute Gasteiger partial charge is 0.247 e. The van der Waals surface area contributed by atoms with Crippen LogP contribution in [0.4, 0.5) is 5.82 Å². The van der Waals surface area contributed by atoms with Gasteiger partial charge in [-0.25, -0.2) is 8.42 Å². The normalized spacial score (nSPS) is 17.7. The first kappa shape index (κ1) is 19.2. The second-order valence-electron chi connectivity index (χ2n) is 6.10. The van der Waals surface area contributed by atoms with E-state index in [9.17, 15) is 13.2 Å². The molecule has 2 aromatic rings. The maximum Gasteiger partial charge on any atom is 0.247 e. The average molecular weight is 395 g/mol.